The van der Waals surface area contributed by atoms with E-state index in [9.17, 15) is 4.79 Å². The van der Waals surface area contributed by atoms with Crippen LogP contribution in [0.3, 0.4) is 0 Å². The largest absolute Gasteiger partial charge is 0.384 e. The van der Waals surface area contributed by atoms with Crippen molar-refractivity contribution in [2.75, 3.05) is 39.9 Å². The van der Waals surface area contributed by atoms with Crippen molar-refractivity contribution >= 4 is 5.91 Å². The molecule has 2 aliphatic rings. The molecule has 0 saturated carbocycles. The van der Waals surface area contributed by atoms with Gasteiger partial charge in [0, 0.05) is 20.2 Å². The molecule has 0 unspecified atom stereocenters. The first-order valence-electron chi connectivity index (χ1n) is 9.26. The number of ether oxygens (including phenoxy) is 1. The van der Waals surface area contributed by atoms with Crippen molar-refractivity contribution in [1.29, 1.82) is 0 Å². The summed E-state index contributed by atoms with van der Waals surface area (Å²) in [5.74, 6) is 1.02. The molecule has 4 nitrogen and oxygen atoms in total. The molecule has 1 aromatic carbocycles. The number of amides is 1. The van der Waals surface area contributed by atoms with Crippen molar-refractivity contribution in [1.82, 2.24) is 10.2 Å². The van der Waals surface area contributed by atoms with Gasteiger partial charge in [-0.15, -0.1) is 0 Å². The molecule has 2 aliphatic heterocycles. The van der Waals surface area contributed by atoms with E-state index in [0.717, 1.165) is 58.3 Å². The normalized spacial score (nSPS) is 21.6. The minimum atomic E-state index is -0.299. The lowest BCUT2D eigenvalue weighted by Crippen LogP contribution is -2.53. The Labute approximate surface area is 145 Å². The number of hydrogen-bond acceptors (Lipinski definition) is 3. The molecule has 0 atom stereocenters. The van der Waals surface area contributed by atoms with Crippen LogP contribution in [0.2, 0.25) is 0 Å². The Kier molecular flexibility index (Phi) is 5.90. The number of carbonyl (C=O) groups is 1. The number of methoxy groups -OCH3 is 1. The van der Waals surface area contributed by atoms with Crippen LogP contribution in [-0.2, 0) is 16.0 Å². The molecule has 2 heterocycles. The molecule has 2 saturated heterocycles. The fourth-order valence-electron chi connectivity index (χ4n) is 4.22. The monoisotopic (exact) mass is 330 g/mol. The average Bonchev–Trinajstić information content (AvgIpc) is 2.64. The number of hydrogen-bond donors (Lipinski definition) is 1. The van der Waals surface area contributed by atoms with Gasteiger partial charge in [0.15, 0.2) is 0 Å². The number of likely N-dealkylation sites (tertiary alicyclic amines) is 1. The zero-order valence-corrected chi connectivity index (χ0v) is 14.8. The molecule has 1 N–H and O–H groups in total. The lowest BCUT2D eigenvalue weighted by Gasteiger charge is -2.42. The van der Waals surface area contributed by atoms with E-state index in [1.54, 1.807) is 7.11 Å². The Balaban J connectivity index is 1.56. The van der Waals surface area contributed by atoms with Crippen LogP contribution in [0.4, 0.5) is 0 Å². The number of carbonyl (C=O) groups excluding carboxylic acids is 1. The summed E-state index contributed by atoms with van der Waals surface area (Å²) in [5, 5.41) is 3.36. The molecule has 1 aromatic rings. The van der Waals surface area contributed by atoms with Gasteiger partial charge in [-0.2, -0.15) is 0 Å². The Hall–Kier alpha value is -1.39. The van der Waals surface area contributed by atoms with Crippen molar-refractivity contribution in [2.24, 2.45) is 11.3 Å². The Bertz CT molecular complexity index is 512. The summed E-state index contributed by atoms with van der Waals surface area (Å²) >= 11 is 0. The van der Waals surface area contributed by atoms with E-state index in [1.165, 1.54) is 5.56 Å². The van der Waals surface area contributed by atoms with E-state index in [1.807, 2.05) is 0 Å². The molecule has 3 rings (SSSR count). The molecular formula is C20H30N2O2. The van der Waals surface area contributed by atoms with E-state index >= 15 is 0 Å². The maximum absolute atomic E-state index is 13.1. The summed E-state index contributed by atoms with van der Waals surface area (Å²) in [5.41, 5.74) is 1.11. The highest BCUT2D eigenvalue weighted by atomic mass is 16.5. The number of piperidine rings is 2. The lowest BCUT2D eigenvalue weighted by atomic mass is 9.77. The van der Waals surface area contributed by atoms with E-state index in [2.05, 4.69) is 40.5 Å². The second-order valence-corrected chi connectivity index (χ2v) is 7.39. The first-order valence-corrected chi connectivity index (χ1v) is 9.26. The SMILES string of the molecule is COCC1(C(=O)N2CCC(Cc3ccccc3)CC2)CCNCC1. The molecular weight excluding hydrogens is 300 g/mol. The Morgan fingerprint density at radius 1 is 1.21 bits per heavy atom. The van der Waals surface area contributed by atoms with Gasteiger partial charge >= 0.3 is 0 Å². The third kappa shape index (κ3) is 3.98. The topological polar surface area (TPSA) is 41.6 Å². The molecule has 0 bridgehead atoms. The van der Waals surface area contributed by atoms with Gasteiger partial charge in [0.2, 0.25) is 5.91 Å². The number of nitrogens with zero attached hydrogens (tertiary/aromatic N) is 1. The molecule has 2 fully saturated rings. The van der Waals surface area contributed by atoms with Crippen LogP contribution in [0.15, 0.2) is 30.3 Å². The van der Waals surface area contributed by atoms with Gasteiger partial charge in [-0.25, -0.2) is 0 Å². The molecule has 24 heavy (non-hydrogen) atoms. The molecule has 132 valence electrons. The molecule has 1 amide bonds. The highest BCUT2D eigenvalue weighted by Gasteiger charge is 2.42. The van der Waals surface area contributed by atoms with Gasteiger partial charge < -0.3 is 15.0 Å². The number of nitrogens with one attached hydrogen (secondary N) is 1. The standard InChI is InChI=1S/C20H30N2O2/c1-24-16-20(9-11-21-12-10-20)19(23)22-13-7-18(8-14-22)15-17-5-3-2-4-6-17/h2-6,18,21H,7-16H2,1H3. The van der Waals surface area contributed by atoms with Gasteiger partial charge in [0.1, 0.15) is 0 Å². The summed E-state index contributed by atoms with van der Waals surface area (Å²) in [6.45, 7) is 4.18. The van der Waals surface area contributed by atoms with Crippen molar-refractivity contribution in [3.05, 3.63) is 35.9 Å². The summed E-state index contributed by atoms with van der Waals surface area (Å²) in [6, 6.07) is 10.7. The van der Waals surface area contributed by atoms with E-state index in [0.29, 0.717) is 18.4 Å². The van der Waals surface area contributed by atoms with E-state index in [4.69, 9.17) is 4.74 Å². The van der Waals surface area contributed by atoms with Crippen LogP contribution < -0.4 is 5.32 Å². The summed E-state index contributed by atoms with van der Waals surface area (Å²) in [4.78, 5) is 15.3. The first kappa shape index (κ1) is 17.4. The maximum Gasteiger partial charge on any atom is 0.231 e. The average molecular weight is 330 g/mol. The third-order valence-electron chi connectivity index (χ3n) is 5.70. The predicted molar refractivity (Wildman–Crippen MR) is 95.9 cm³/mol. The van der Waals surface area contributed by atoms with Crippen LogP contribution in [0.5, 0.6) is 0 Å². The van der Waals surface area contributed by atoms with Crippen molar-refractivity contribution in [2.45, 2.75) is 32.1 Å². The fourth-order valence-corrected chi connectivity index (χ4v) is 4.22. The van der Waals surface area contributed by atoms with Gasteiger partial charge in [-0.3, -0.25) is 4.79 Å². The smallest absolute Gasteiger partial charge is 0.231 e. The maximum atomic E-state index is 13.1. The van der Waals surface area contributed by atoms with Crippen LogP contribution in [-0.4, -0.2) is 50.7 Å². The Morgan fingerprint density at radius 3 is 2.50 bits per heavy atom. The molecule has 0 aliphatic carbocycles. The zero-order valence-electron chi connectivity index (χ0n) is 14.8. The molecule has 0 radical (unpaired) electrons. The van der Waals surface area contributed by atoms with Gasteiger partial charge in [-0.1, -0.05) is 30.3 Å². The predicted octanol–water partition coefficient (Wildman–Crippen LogP) is 2.48. The van der Waals surface area contributed by atoms with Crippen LogP contribution in [0, 0.1) is 11.3 Å². The van der Waals surface area contributed by atoms with E-state index in [-0.39, 0.29) is 5.41 Å². The fraction of sp³-hybridized carbons (Fsp3) is 0.650. The molecule has 4 heteroatoms. The lowest BCUT2D eigenvalue weighted by molar-refractivity contribution is -0.149. The minimum Gasteiger partial charge on any atom is -0.384 e. The van der Waals surface area contributed by atoms with Gasteiger partial charge in [-0.05, 0) is 56.7 Å². The van der Waals surface area contributed by atoms with Gasteiger partial charge in [0.25, 0.3) is 0 Å². The van der Waals surface area contributed by atoms with E-state index < -0.39 is 0 Å². The van der Waals surface area contributed by atoms with Crippen LogP contribution >= 0.6 is 0 Å². The highest BCUT2D eigenvalue weighted by molar-refractivity contribution is 5.83. The highest BCUT2D eigenvalue weighted by Crippen LogP contribution is 2.33. The quantitative estimate of drug-likeness (QED) is 0.902. The molecule has 0 spiro atoms. The zero-order chi connectivity index (χ0) is 16.8. The molecule has 0 aromatic heterocycles. The number of rotatable bonds is 5. The van der Waals surface area contributed by atoms with Crippen LogP contribution in [0.1, 0.15) is 31.2 Å². The van der Waals surface area contributed by atoms with Crippen molar-refractivity contribution in [3.63, 3.8) is 0 Å². The third-order valence-corrected chi connectivity index (χ3v) is 5.70. The van der Waals surface area contributed by atoms with Crippen molar-refractivity contribution < 1.29 is 9.53 Å². The second-order valence-electron chi connectivity index (χ2n) is 7.39. The second kappa shape index (κ2) is 8.13. The number of benzene rings is 1. The van der Waals surface area contributed by atoms with Crippen molar-refractivity contribution in [3.8, 4) is 0 Å². The van der Waals surface area contributed by atoms with Gasteiger partial charge in [0.05, 0.1) is 12.0 Å². The first-order chi connectivity index (χ1) is 11.7. The van der Waals surface area contributed by atoms with Crippen LogP contribution in [0.25, 0.3) is 0 Å². The summed E-state index contributed by atoms with van der Waals surface area (Å²) in [7, 11) is 1.71. The summed E-state index contributed by atoms with van der Waals surface area (Å²) in [6.07, 6.45) is 5.15. The summed E-state index contributed by atoms with van der Waals surface area (Å²) < 4.78 is 5.42. The Morgan fingerprint density at radius 2 is 1.88 bits per heavy atom. The minimum absolute atomic E-state index is 0.299.